The van der Waals surface area contributed by atoms with E-state index in [1.807, 2.05) is 84.9 Å². The smallest absolute Gasteiger partial charge is 0.166 e. The van der Waals surface area contributed by atoms with Gasteiger partial charge in [0.15, 0.2) is 17.5 Å². The van der Waals surface area contributed by atoms with Crippen molar-refractivity contribution in [3.05, 3.63) is 255 Å². The second kappa shape index (κ2) is 17.5. The summed E-state index contributed by atoms with van der Waals surface area (Å²) in [5, 5.41) is 4.60. The average molecular weight is 982 g/mol. The van der Waals surface area contributed by atoms with Crippen molar-refractivity contribution in [2.45, 2.75) is 0 Å². The first-order valence-corrected chi connectivity index (χ1v) is 25.5. The first-order valence-electron chi connectivity index (χ1n) is 28.2. The summed E-state index contributed by atoms with van der Waals surface area (Å²) in [7, 11) is 0. The van der Waals surface area contributed by atoms with Crippen LogP contribution in [0.2, 0.25) is 0 Å². The molecule has 0 unspecified atom stereocenters. The van der Waals surface area contributed by atoms with Crippen LogP contribution >= 0.6 is 11.3 Å². The van der Waals surface area contributed by atoms with Gasteiger partial charge in [-0.3, -0.25) is 0 Å². The van der Waals surface area contributed by atoms with Gasteiger partial charge in [-0.05, 0) is 106 Å². The van der Waals surface area contributed by atoms with Crippen LogP contribution in [0, 0.1) is 0 Å². The highest BCUT2D eigenvalue weighted by molar-refractivity contribution is 7.26. The lowest BCUT2D eigenvalue weighted by atomic mass is 9.95. The first kappa shape index (κ1) is 36.2. The van der Waals surface area contributed by atoms with Gasteiger partial charge in [-0.1, -0.05) is 188 Å². The molecule has 0 aliphatic rings. The molecule has 75 heavy (non-hydrogen) atoms. The predicted molar refractivity (Wildman–Crippen MR) is 312 cm³/mol. The Morgan fingerprint density at radius 3 is 1.76 bits per heavy atom. The van der Waals surface area contributed by atoms with E-state index in [1.165, 1.54) is 6.07 Å². The van der Waals surface area contributed by atoms with Gasteiger partial charge < -0.3 is 8.98 Å². The molecule has 4 heterocycles. The number of para-hydroxylation sites is 5. The largest absolute Gasteiger partial charge is 0.455 e. The topological polar surface area (TPSA) is 56.7 Å². The van der Waals surface area contributed by atoms with E-state index in [9.17, 15) is 2.74 Å². The zero-order valence-electron chi connectivity index (χ0n) is 46.8. The van der Waals surface area contributed by atoms with Crippen molar-refractivity contribution < 1.29 is 14.0 Å². The predicted octanol–water partition coefficient (Wildman–Crippen LogP) is 18.9. The minimum absolute atomic E-state index is 0.0535. The molecule has 0 spiro atoms. The van der Waals surface area contributed by atoms with Crippen molar-refractivity contribution in [2.24, 2.45) is 0 Å². The molecule has 4 aromatic heterocycles. The van der Waals surface area contributed by atoms with Crippen molar-refractivity contribution in [1.82, 2.24) is 19.5 Å². The van der Waals surface area contributed by atoms with E-state index in [4.69, 9.17) is 26.2 Å². The van der Waals surface area contributed by atoms with Gasteiger partial charge in [-0.2, -0.15) is 0 Å². The minimum Gasteiger partial charge on any atom is -0.455 e. The molecular formula is C69H42N4OS. The van der Waals surface area contributed by atoms with E-state index in [0.29, 0.717) is 22.9 Å². The maximum Gasteiger partial charge on any atom is 0.166 e. The average Bonchev–Trinajstić information content (AvgIpc) is 3.34. The van der Waals surface area contributed by atoms with Crippen LogP contribution in [0.25, 0.3) is 148 Å². The second-order valence-corrected chi connectivity index (χ2v) is 19.6. The first-order chi connectivity index (χ1) is 40.1. The number of furan rings is 1. The molecule has 11 aromatic carbocycles. The number of hydrogen-bond acceptors (Lipinski definition) is 5. The number of hydrogen-bond donors (Lipinski definition) is 0. The summed E-state index contributed by atoms with van der Waals surface area (Å²) >= 11 is 1.75. The number of rotatable bonds is 8. The Kier molecular flexibility index (Phi) is 8.44. The van der Waals surface area contributed by atoms with Crippen LogP contribution in [-0.2, 0) is 0 Å². The van der Waals surface area contributed by atoms with Gasteiger partial charge in [0, 0.05) is 64.0 Å². The SMILES string of the molecule is [2H]c1cc([2H])c2c(c1[2H])c1c([2H])c([2H])c([2H])c([2H])c1n2-c1ccccc1-c1nc(-c2cc(-c3ccccc3)cc(-c3ccccc3)c2)nc(-c2cccc(-c3cccc4c3sc3ccc(-c5cccc6c5oc5ccccc56)cc34)c2)n1. The third kappa shape index (κ3) is 7.25. The van der Waals surface area contributed by atoms with Gasteiger partial charge in [0.25, 0.3) is 0 Å². The molecule has 0 atom stereocenters. The maximum atomic E-state index is 9.33. The third-order valence-corrected chi connectivity index (χ3v) is 15.4. The summed E-state index contributed by atoms with van der Waals surface area (Å²) in [4.78, 5) is 16.0. The maximum absolute atomic E-state index is 9.33. The van der Waals surface area contributed by atoms with Crippen molar-refractivity contribution >= 4 is 75.3 Å². The van der Waals surface area contributed by atoms with Crippen molar-refractivity contribution in [3.63, 3.8) is 0 Å². The molecule has 0 bridgehead atoms. The summed E-state index contributed by atoms with van der Waals surface area (Å²) in [6.45, 7) is 0. The zero-order valence-corrected chi connectivity index (χ0v) is 40.6. The molecule has 350 valence electrons. The number of benzene rings is 11. The Labute approximate surface area is 445 Å². The van der Waals surface area contributed by atoms with E-state index in [2.05, 4.69) is 115 Å². The fraction of sp³-hybridized carbons (Fsp3) is 0. The third-order valence-electron chi connectivity index (χ3n) is 14.2. The molecule has 0 aliphatic carbocycles. The van der Waals surface area contributed by atoms with Gasteiger partial charge in [-0.15, -0.1) is 11.3 Å². The highest BCUT2D eigenvalue weighted by Gasteiger charge is 2.21. The molecule has 0 radical (unpaired) electrons. The second-order valence-electron chi connectivity index (χ2n) is 18.6. The highest BCUT2D eigenvalue weighted by atomic mass is 32.1. The molecule has 5 nitrogen and oxygen atoms in total. The lowest BCUT2D eigenvalue weighted by Gasteiger charge is -2.15. The van der Waals surface area contributed by atoms with Crippen LogP contribution in [0.5, 0.6) is 0 Å². The fourth-order valence-electron chi connectivity index (χ4n) is 10.7. The van der Waals surface area contributed by atoms with Crippen molar-refractivity contribution in [2.75, 3.05) is 0 Å². The van der Waals surface area contributed by atoms with E-state index in [1.54, 1.807) is 22.0 Å². The molecule has 0 aliphatic heterocycles. The molecule has 15 rings (SSSR count). The number of fused-ring (bicyclic) bond motifs is 9. The van der Waals surface area contributed by atoms with Gasteiger partial charge >= 0.3 is 0 Å². The Morgan fingerprint density at radius 2 is 0.933 bits per heavy atom. The number of nitrogens with zero attached hydrogens (tertiary/aromatic N) is 4. The number of aromatic nitrogens is 4. The van der Waals surface area contributed by atoms with Crippen LogP contribution in [0.15, 0.2) is 259 Å². The van der Waals surface area contributed by atoms with Crippen LogP contribution in [0.3, 0.4) is 0 Å². The Hall–Kier alpha value is -9.75. The van der Waals surface area contributed by atoms with Crippen LogP contribution in [-0.4, -0.2) is 19.5 Å². The molecule has 0 saturated carbocycles. The van der Waals surface area contributed by atoms with Crippen molar-refractivity contribution in [1.29, 1.82) is 0 Å². The van der Waals surface area contributed by atoms with Gasteiger partial charge in [0.05, 0.1) is 26.3 Å². The molecule has 0 N–H and O–H groups in total. The summed E-state index contributed by atoms with van der Waals surface area (Å²) in [6.07, 6.45) is 0. The summed E-state index contributed by atoms with van der Waals surface area (Å²) in [6, 6.07) is 68.8. The zero-order chi connectivity index (χ0) is 55.5. The van der Waals surface area contributed by atoms with E-state index < -0.39 is 12.1 Å². The summed E-state index contributed by atoms with van der Waals surface area (Å²) in [5.74, 6) is 1.03. The quantitative estimate of drug-likeness (QED) is 0.152. The van der Waals surface area contributed by atoms with Crippen LogP contribution < -0.4 is 0 Å². The standard InChI is InChI=1S/C69H42N4OS/c1-3-18-43(19-4-1)48-39-49(44-20-5-2-6-21-44)41-50(40-48)68-70-67(71-69(72-68)58-27-9-13-34-62(58)73-60-32-11-7-24-53(60)54-25-8-12-33-61(54)73)47-23-15-22-45(38-47)52-29-17-31-57-59-42-46(36-37-64(59)75-66(52)57)51-28-16-30-56-55-26-10-14-35-63(55)74-65(51)56/h1-42H/i7D,8D,11D,24D,25D,32D,33D. The molecule has 0 amide bonds. The Bertz CT molecular complexity index is 5100. The van der Waals surface area contributed by atoms with Crippen LogP contribution in [0.1, 0.15) is 9.60 Å². The van der Waals surface area contributed by atoms with Gasteiger partial charge in [-0.25, -0.2) is 15.0 Å². The van der Waals surface area contributed by atoms with Gasteiger partial charge in [0.1, 0.15) is 11.2 Å². The highest BCUT2D eigenvalue weighted by Crippen LogP contribution is 2.44. The van der Waals surface area contributed by atoms with Crippen LogP contribution in [0.4, 0.5) is 0 Å². The summed E-state index contributed by atoms with van der Waals surface area (Å²) in [5.41, 5.74) is 12.4. The summed E-state index contributed by atoms with van der Waals surface area (Å²) < 4.78 is 73.4. The van der Waals surface area contributed by atoms with E-state index in [0.717, 1.165) is 97.7 Å². The van der Waals surface area contributed by atoms with Crippen molar-refractivity contribution in [3.8, 4) is 84.4 Å². The van der Waals surface area contributed by atoms with E-state index >= 15 is 0 Å². The molecule has 0 fully saturated rings. The van der Waals surface area contributed by atoms with E-state index in [-0.39, 0.29) is 57.8 Å². The lowest BCUT2D eigenvalue weighted by molar-refractivity contribution is 0.670. The molecule has 0 saturated heterocycles. The monoisotopic (exact) mass is 981 g/mol. The fourth-order valence-corrected chi connectivity index (χ4v) is 11.9. The lowest BCUT2D eigenvalue weighted by Crippen LogP contribution is -2.04. The van der Waals surface area contributed by atoms with Gasteiger partial charge in [0.2, 0.25) is 0 Å². The molecule has 6 heteroatoms. The normalized spacial score (nSPS) is 13.0. The minimum atomic E-state index is -0.474. The number of thiophene rings is 1. The Balaban J connectivity index is 0.937. The molecular weight excluding hydrogens is 933 g/mol. The molecule has 15 aromatic rings. The Morgan fingerprint density at radius 1 is 0.360 bits per heavy atom.